The van der Waals surface area contributed by atoms with Crippen molar-refractivity contribution in [3.05, 3.63) is 58.9 Å². The van der Waals surface area contributed by atoms with Crippen LogP contribution in [-0.4, -0.2) is 10.8 Å². The third kappa shape index (κ3) is 2.99. The first kappa shape index (κ1) is 12.4. The number of nitrogens with two attached hydrogens (primary N) is 1. The van der Waals surface area contributed by atoms with E-state index in [1.807, 2.05) is 12.1 Å². The van der Waals surface area contributed by atoms with Crippen LogP contribution in [0.15, 0.2) is 42.7 Å². The first-order chi connectivity index (χ1) is 8.66. The van der Waals surface area contributed by atoms with Crippen molar-refractivity contribution in [3.8, 4) is 5.75 Å². The number of nitrogens with one attached hydrogen (secondary N) is 1. The van der Waals surface area contributed by atoms with Crippen molar-refractivity contribution in [2.45, 2.75) is 6.61 Å². The second kappa shape index (κ2) is 5.51. The maximum absolute atomic E-state index is 7.31. The summed E-state index contributed by atoms with van der Waals surface area (Å²) in [6.45, 7) is 0.418. The Balaban J connectivity index is 2.08. The zero-order valence-corrected chi connectivity index (χ0v) is 10.3. The lowest BCUT2D eigenvalue weighted by molar-refractivity contribution is 0.306. The van der Waals surface area contributed by atoms with E-state index in [0.717, 1.165) is 5.56 Å². The number of amidine groups is 1. The molecule has 2 rings (SSSR count). The summed E-state index contributed by atoms with van der Waals surface area (Å²) in [6.07, 6.45) is 3.41. The molecule has 1 heterocycles. The molecule has 4 nitrogen and oxygen atoms in total. The second-order valence-corrected chi connectivity index (χ2v) is 4.11. The molecule has 0 radical (unpaired) electrons. The maximum Gasteiger partial charge on any atom is 0.138 e. The number of rotatable bonds is 4. The van der Waals surface area contributed by atoms with Crippen LogP contribution in [0, 0.1) is 5.41 Å². The molecule has 18 heavy (non-hydrogen) atoms. The minimum absolute atomic E-state index is 0.0161. The van der Waals surface area contributed by atoms with Gasteiger partial charge in [-0.1, -0.05) is 11.6 Å². The number of nitrogen functional groups attached to an aromatic ring is 1. The van der Waals surface area contributed by atoms with E-state index in [0.29, 0.717) is 22.9 Å². The number of aromatic nitrogens is 1. The van der Waals surface area contributed by atoms with Crippen LogP contribution < -0.4 is 10.5 Å². The van der Waals surface area contributed by atoms with Crippen LogP contribution in [0.1, 0.15) is 11.1 Å². The lowest BCUT2D eigenvalue weighted by Crippen LogP contribution is -2.10. The molecule has 0 aliphatic rings. The number of benzene rings is 1. The predicted octanol–water partition coefficient (Wildman–Crippen LogP) is 2.60. The number of pyridine rings is 1. The fourth-order valence-electron chi connectivity index (χ4n) is 1.43. The minimum atomic E-state index is -0.0161. The van der Waals surface area contributed by atoms with Crippen LogP contribution in [0.2, 0.25) is 5.02 Å². The number of halogens is 1. The molecule has 0 fully saturated rings. The van der Waals surface area contributed by atoms with Gasteiger partial charge in [0.05, 0.1) is 5.02 Å². The lowest BCUT2D eigenvalue weighted by Gasteiger charge is -2.09. The van der Waals surface area contributed by atoms with Crippen LogP contribution in [0.3, 0.4) is 0 Å². The van der Waals surface area contributed by atoms with E-state index in [-0.39, 0.29) is 5.84 Å². The Kier molecular flexibility index (Phi) is 3.79. The molecule has 2 aromatic rings. The third-order valence-corrected chi connectivity index (χ3v) is 2.68. The molecule has 0 spiro atoms. The predicted molar refractivity (Wildman–Crippen MR) is 71.0 cm³/mol. The van der Waals surface area contributed by atoms with Gasteiger partial charge in [-0.25, -0.2) is 0 Å². The molecule has 5 heteroatoms. The van der Waals surface area contributed by atoms with Crippen molar-refractivity contribution in [2.75, 3.05) is 0 Å². The quantitative estimate of drug-likeness (QED) is 0.656. The van der Waals surface area contributed by atoms with Crippen LogP contribution >= 0.6 is 11.6 Å². The molecule has 1 aromatic heterocycles. The molecule has 0 amide bonds. The molecule has 0 aliphatic heterocycles. The van der Waals surface area contributed by atoms with Gasteiger partial charge in [0.2, 0.25) is 0 Å². The van der Waals surface area contributed by atoms with Crippen molar-refractivity contribution in [2.24, 2.45) is 5.73 Å². The van der Waals surface area contributed by atoms with Gasteiger partial charge in [0.15, 0.2) is 0 Å². The van der Waals surface area contributed by atoms with Crippen LogP contribution in [0.5, 0.6) is 5.75 Å². The Morgan fingerprint density at radius 1 is 1.28 bits per heavy atom. The summed E-state index contributed by atoms with van der Waals surface area (Å²) in [5, 5.41) is 7.75. The summed E-state index contributed by atoms with van der Waals surface area (Å²) in [4.78, 5) is 3.93. The molecule has 0 unspecified atom stereocenters. The highest BCUT2D eigenvalue weighted by Crippen LogP contribution is 2.26. The molecule has 3 N–H and O–H groups in total. The smallest absolute Gasteiger partial charge is 0.138 e. The van der Waals surface area contributed by atoms with Crippen LogP contribution in [0.25, 0.3) is 0 Å². The van der Waals surface area contributed by atoms with E-state index in [1.54, 1.807) is 30.6 Å². The van der Waals surface area contributed by atoms with E-state index in [2.05, 4.69) is 4.98 Å². The lowest BCUT2D eigenvalue weighted by atomic mass is 10.2. The number of hydrogen-bond acceptors (Lipinski definition) is 3. The van der Waals surface area contributed by atoms with Gasteiger partial charge in [-0.2, -0.15) is 0 Å². The summed E-state index contributed by atoms with van der Waals surface area (Å²) in [5.74, 6) is 0.552. The summed E-state index contributed by atoms with van der Waals surface area (Å²) < 4.78 is 5.59. The summed E-state index contributed by atoms with van der Waals surface area (Å²) in [7, 11) is 0. The van der Waals surface area contributed by atoms with Crippen molar-refractivity contribution >= 4 is 17.4 Å². The van der Waals surface area contributed by atoms with E-state index >= 15 is 0 Å². The molecule has 92 valence electrons. The Labute approximate surface area is 110 Å². The fraction of sp³-hybridized carbons (Fsp3) is 0.0769. The number of hydrogen-bond donors (Lipinski definition) is 2. The van der Waals surface area contributed by atoms with Gasteiger partial charge < -0.3 is 10.5 Å². The van der Waals surface area contributed by atoms with Gasteiger partial charge in [-0.15, -0.1) is 0 Å². The Hall–Kier alpha value is -2.07. The van der Waals surface area contributed by atoms with Gasteiger partial charge in [0.1, 0.15) is 18.2 Å². The zero-order chi connectivity index (χ0) is 13.0. The van der Waals surface area contributed by atoms with Crippen molar-refractivity contribution < 1.29 is 4.74 Å². The summed E-state index contributed by atoms with van der Waals surface area (Å²) in [5.41, 5.74) is 6.97. The van der Waals surface area contributed by atoms with Crippen molar-refractivity contribution in [3.63, 3.8) is 0 Å². The minimum Gasteiger partial charge on any atom is -0.487 e. The average molecular weight is 262 g/mol. The van der Waals surface area contributed by atoms with Gasteiger partial charge >= 0.3 is 0 Å². The third-order valence-electron chi connectivity index (χ3n) is 2.39. The highest BCUT2D eigenvalue weighted by molar-refractivity contribution is 6.32. The first-order valence-electron chi connectivity index (χ1n) is 5.32. The topological polar surface area (TPSA) is 72.0 Å². The van der Waals surface area contributed by atoms with Crippen molar-refractivity contribution in [1.29, 1.82) is 5.41 Å². The van der Waals surface area contributed by atoms with Crippen LogP contribution in [-0.2, 0) is 6.61 Å². The highest BCUT2D eigenvalue weighted by atomic mass is 35.5. The Bertz CT molecular complexity index is 557. The monoisotopic (exact) mass is 261 g/mol. The average Bonchev–Trinajstić information content (AvgIpc) is 2.38. The fourth-order valence-corrected chi connectivity index (χ4v) is 1.66. The van der Waals surface area contributed by atoms with Gasteiger partial charge in [0.25, 0.3) is 0 Å². The van der Waals surface area contributed by atoms with E-state index in [1.165, 1.54) is 0 Å². The second-order valence-electron chi connectivity index (χ2n) is 3.70. The summed E-state index contributed by atoms with van der Waals surface area (Å²) >= 11 is 6.05. The molecular formula is C13H12ClN3O. The molecule has 1 aromatic carbocycles. The van der Waals surface area contributed by atoms with Crippen LogP contribution in [0.4, 0.5) is 0 Å². The summed E-state index contributed by atoms with van der Waals surface area (Å²) in [6, 6.07) is 8.78. The van der Waals surface area contributed by atoms with E-state index in [4.69, 9.17) is 27.5 Å². The number of nitrogens with zero attached hydrogens (tertiary/aromatic N) is 1. The Morgan fingerprint density at radius 2 is 2.00 bits per heavy atom. The van der Waals surface area contributed by atoms with Crippen molar-refractivity contribution in [1.82, 2.24) is 4.98 Å². The molecule has 0 saturated heterocycles. The molecule has 0 bridgehead atoms. The van der Waals surface area contributed by atoms with Gasteiger partial charge in [-0.3, -0.25) is 10.4 Å². The van der Waals surface area contributed by atoms with E-state index < -0.39 is 0 Å². The van der Waals surface area contributed by atoms with Gasteiger partial charge in [0, 0.05) is 18.0 Å². The molecular weight excluding hydrogens is 250 g/mol. The standard InChI is InChI=1S/C13H12ClN3O/c14-11-7-10(13(15)16)1-2-12(11)18-8-9-3-5-17-6-4-9/h1-7H,8H2,(H3,15,16). The zero-order valence-electron chi connectivity index (χ0n) is 9.56. The molecule has 0 saturated carbocycles. The molecule has 0 atom stereocenters. The largest absolute Gasteiger partial charge is 0.487 e. The first-order valence-corrected chi connectivity index (χ1v) is 5.70. The van der Waals surface area contributed by atoms with E-state index in [9.17, 15) is 0 Å². The SMILES string of the molecule is N=C(N)c1ccc(OCc2ccncc2)c(Cl)c1. The molecule has 0 aliphatic carbocycles. The maximum atomic E-state index is 7.31. The highest BCUT2D eigenvalue weighted by Gasteiger charge is 2.05. The Morgan fingerprint density at radius 3 is 2.61 bits per heavy atom. The number of ether oxygens (including phenoxy) is 1. The van der Waals surface area contributed by atoms with Gasteiger partial charge in [-0.05, 0) is 35.9 Å². The normalized spacial score (nSPS) is 10.1.